The highest BCUT2D eigenvalue weighted by Gasteiger charge is 2.14. The van der Waals surface area contributed by atoms with E-state index in [4.69, 9.17) is 20.7 Å². The predicted molar refractivity (Wildman–Crippen MR) is 88.2 cm³/mol. The Kier molecular flexibility index (Phi) is 11.0. The zero-order valence-electron chi connectivity index (χ0n) is 12.7. The fourth-order valence-corrected chi connectivity index (χ4v) is 1.55. The molecule has 0 aliphatic heterocycles. The predicted octanol–water partition coefficient (Wildman–Crippen LogP) is 1.89. The molecule has 0 radical (unpaired) electrons. The number of hydrogen-bond donors (Lipinski definition) is 4. The van der Waals surface area contributed by atoms with Crippen molar-refractivity contribution in [3.63, 3.8) is 0 Å². The zero-order valence-corrected chi connectivity index (χ0v) is 12.7. The number of allylic oxidation sites excluding steroid dienone is 1. The van der Waals surface area contributed by atoms with E-state index in [9.17, 15) is 4.79 Å². The second-order valence-electron chi connectivity index (χ2n) is 4.32. The van der Waals surface area contributed by atoms with Crippen molar-refractivity contribution in [1.82, 2.24) is 0 Å². The number of carbonyl (C=O) groups is 1. The van der Waals surface area contributed by atoms with Crippen LogP contribution in [0.25, 0.3) is 6.08 Å². The first-order valence-electron chi connectivity index (χ1n) is 6.99. The van der Waals surface area contributed by atoms with Gasteiger partial charge in [-0.05, 0) is 49.6 Å². The smallest absolute Gasteiger partial charge is 0.328 e. The Morgan fingerprint density at radius 3 is 2.73 bits per heavy atom. The van der Waals surface area contributed by atoms with Gasteiger partial charge in [-0.25, -0.2) is 4.79 Å². The highest BCUT2D eigenvalue weighted by atomic mass is 16.4. The van der Waals surface area contributed by atoms with Gasteiger partial charge in [-0.1, -0.05) is 6.92 Å². The van der Waals surface area contributed by atoms with Crippen LogP contribution >= 0.6 is 0 Å². The molecule has 0 saturated heterocycles. The summed E-state index contributed by atoms with van der Waals surface area (Å²) in [6.45, 7) is 2.46. The average Bonchev–Trinajstić information content (AvgIpc) is 2.99. The number of carboxylic acids is 1. The molecule has 0 saturated carbocycles. The van der Waals surface area contributed by atoms with E-state index in [1.54, 1.807) is 18.5 Å². The summed E-state index contributed by atoms with van der Waals surface area (Å²) < 4.78 is 5.21. The van der Waals surface area contributed by atoms with Gasteiger partial charge >= 0.3 is 5.97 Å². The Hall–Kier alpha value is -2.41. The Bertz CT molecular complexity index is 481. The summed E-state index contributed by atoms with van der Waals surface area (Å²) in [6.07, 6.45) is 7.67. The molecule has 0 aliphatic rings. The summed E-state index contributed by atoms with van der Waals surface area (Å²) in [5.41, 5.74) is 10.7. The molecule has 0 spiro atoms. The SMILES string of the molecule is CC/C(C=NC(CCCN)C(=O)O)=C\c1ccco1.N=CN. The van der Waals surface area contributed by atoms with Gasteiger partial charge < -0.3 is 21.0 Å². The Balaban J connectivity index is 0.00000135. The third-order valence-corrected chi connectivity index (χ3v) is 2.67. The third kappa shape index (κ3) is 8.70. The monoisotopic (exact) mass is 308 g/mol. The van der Waals surface area contributed by atoms with Gasteiger partial charge in [0.05, 0.1) is 12.6 Å². The van der Waals surface area contributed by atoms with Crippen LogP contribution in [0.3, 0.4) is 0 Å². The standard InChI is InChI=1S/C14H20N2O3.CH4N2/c1-2-11(9-12-5-4-8-19-12)10-16-13(14(17)18)6-3-7-15;2-1-3/h4-5,8-10,13H,2-3,6-7,15H2,1H3,(H,17,18);1H,(H3,2,3)/b11-9+,16-10?;. The fourth-order valence-electron chi connectivity index (χ4n) is 1.55. The molecule has 7 heteroatoms. The lowest BCUT2D eigenvalue weighted by atomic mass is 10.1. The summed E-state index contributed by atoms with van der Waals surface area (Å²) in [6, 6.07) is 2.92. The molecule has 0 aliphatic carbocycles. The van der Waals surface area contributed by atoms with E-state index in [2.05, 4.69) is 10.7 Å². The van der Waals surface area contributed by atoms with Crippen LogP contribution in [0.2, 0.25) is 0 Å². The first-order chi connectivity index (χ1) is 10.6. The van der Waals surface area contributed by atoms with Gasteiger partial charge in [0.2, 0.25) is 0 Å². The summed E-state index contributed by atoms with van der Waals surface area (Å²) in [5.74, 6) is -0.185. The van der Waals surface area contributed by atoms with Crippen molar-refractivity contribution >= 4 is 24.6 Å². The molecule has 0 bridgehead atoms. The van der Waals surface area contributed by atoms with Gasteiger partial charge in [0, 0.05) is 6.21 Å². The van der Waals surface area contributed by atoms with Crippen LogP contribution in [0.5, 0.6) is 0 Å². The van der Waals surface area contributed by atoms with Gasteiger partial charge in [-0.15, -0.1) is 0 Å². The molecular weight excluding hydrogens is 284 g/mol. The Morgan fingerprint density at radius 2 is 2.27 bits per heavy atom. The number of furan rings is 1. The van der Waals surface area contributed by atoms with Crippen LogP contribution in [0.4, 0.5) is 0 Å². The van der Waals surface area contributed by atoms with Crippen molar-refractivity contribution in [2.45, 2.75) is 32.2 Å². The van der Waals surface area contributed by atoms with Gasteiger partial charge in [0.1, 0.15) is 11.8 Å². The lowest BCUT2D eigenvalue weighted by Crippen LogP contribution is -2.19. The van der Waals surface area contributed by atoms with E-state index in [1.165, 1.54) is 0 Å². The number of nitrogens with zero attached hydrogens (tertiary/aromatic N) is 1. The van der Waals surface area contributed by atoms with Gasteiger partial charge in [0.15, 0.2) is 0 Å². The maximum absolute atomic E-state index is 11.0. The number of rotatable bonds is 8. The topological polar surface area (TPSA) is 139 Å². The summed E-state index contributed by atoms with van der Waals surface area (Å²) >= 11 is 0. The molecule has 1 aromatic rings. The van der Waals surface area contributed by atoms with Crippen LogP contribution in [-0.4, -0.2) is 36.2 Å². The molecule has 0 amide bonds. The average molecular weight is 308 g/mol. The molecule has 0 aromatic carbocycles. The highest BCUT2D eigenvalue weighted by molar-refractivity contribution is 5.87. The molecule has 1 heterocycles. The molecule has 1 aromatic heterocycles. The van der Waals surface area contributed by atoms with Gasteiger partial charge in [-0.2, -0.15) is 0 Å². The normalized spacial score (nSPS) is 12.5. The van der Waals surface area contributed by atoms with E-state index in [0.717, 1.165) is 24.1 Å². The van der Waals surface area contributed by atoms with E-state index in [-0.39, 0.29) is 0 Å². The molecular formula is C15H24N4O3. The van der Waals surface area contributed by atoms with Crippen molar-refractivity contribution < 1.29 is 14.3 Å². The first-order valence-corrected chi connectivity index (χ1v) is 6.99. The zero-order chi connectivity index (χ0) is 16.8. The lowest BCUT2D eigenvalue weighted by molar-refractivity contribution is -0.138. The highest BCUT2D eigenvalue weighted by Crippen LogP contribution is 2.10. The number of hydrogen-bond acceptors (Lipinski definition) is 5. The lowest BCUT2D eigenvalue weighted by Gasteiger charge is -2.06. The van der Waals surface area contributed by atoms with Crippen molar-refractivity contribution in [3.05, 3.63) is 29.7 Å². The second-order valence-corrected chi connectivity index (χ2v) is 4.32. The number of aliphatic carboxylic acids is 1. The van der Waals surface area contributed by atoms with Crippen LogP contribution in [-0.2, 0) is 4.79 Å². The largest absolute Gasteiger partial charge is 0.480 e. The van der Waals surface area contributed by atoms with E-state index in [0.29, 0.717) is 19.4 Å². The van der Waals surface area contributed by atoms with Crippen LogP contribution in [0.1, 0.15) is 31.9 Å². The van der Waals surface area contributed by atoms with Gasteiger partial charge in [0.25, 0.3) is 0 Å². The molecule has 122 valence electrons. The molecule has 22 heavy (non-hydrogen) atoms. The number of aliphatic imine (C=N–C) groups is 1. The van der Waals surface area contributed by atoms with Crippen molar-refractivity contribution in [2.24, 2.45) is 16.5 Å². The van der Waals surface area contributed by atoms with Crippen LogP contribution < -0.4 is 11.5 Å². The van der Waals surface area contributed by atoms with Crippen molar-refractivity contribution in [3.8, 4) is 0 Å². The van der Waals surface area contributed by atoms with Crippen LogP contribution in [0, 0.1) is 5.41 Å². The maximum Gasteiger partial charge on any atom is 0.328 e. The summed E-state index contributed by atoms with van der Waals surface area (Å²) in [4.78, 5) is 15.2. The summed E-state index contributed by atoms with van der Waals surface area (Å²) in [7, 11) is 0. The number of carboxylic acid groups (broad SMARTS) is 1. The Morgan fingerprint density at radius 1 is 1.59 bits per heavy atom. The number of nitrogens with two attached hydrogens (primary N) is 2. The first kappa shape index (κ1) is 19.6. The second kappa shape index (κ2) is 12.3. The minimum atomic E-state index is -0.918. The van der Waals surface area contributed by atoms with Gasteiger partial charge in [-0.3, -0.25) is 10.4 Å². The summed E-state index contributed by atoms with van der Waals surface area (Å²) in [5, 5.41) is 14.9. The molecule has 1 unspecified atom stereocenters. The molecule has 6 N–H and O–H groups in total. The van der Waals surface area contributed by atoms with Crippen molar-refractivity contribution in [2.75, 3.05) is 6.54 Å². The number of nitrogens with one attached hydrogen (secondary N) is 1. The molecule has 7 nitrogen and oxygen atoms in total. The van der Waals surface area contributed by atoms with Crippen molar-refractivity contribution in [1.29, 1.82) is 5.41 Å². The Labute approximate surface area is 130 Å². The quantitative estimate of drug-likeness (QED) is 0.429. The molecule has 0 fully saturated rings. The van der Waals surface area contributed by atoms with E-state index < -0.39 is 12.0 Å². The minimum absolute atomic E-state index is 0.458. The minimum Gasteiger partial charge on any atom is -0.480 e. The van der Waals surface area contributed by atoms with E-state index in [1.807, 2.05) is 19.1 Å². The molecule has 1 rings (SSSR count). The maximum atomic E-state index is 11.0. The van der Waals surface area contributed by atoms with E-state index >= 15 is 0 Å². The fraction of sp³-hybridized carbons (Fsp3) is 0.400. The molecule has 1 atom stereocenters. The van der Waals surface area contributed by atoms with Crippen LogP contribution in [0.15, 0.2) is 33.4 Å². The third-order valence-electron chi connectivity index (χ3n) is 2.67.